The fraction of sp³-hybridized carbons (Fsp3) is 0.526. The van der Waals surface area contributed by atoms with Gasteiger partial charge in [-0.05, 0) is 19.4 Å². The van der Waals surface area contributed by atoms with Crippen LogP contribution < -0.4 is 0 Å². The molecule has 3 heterocycles. The lowest BCUT2D eigenvalue weighted by Crippen LogP contribution is -2.48. The zero-order chi connectivity index (χ0) is 18.6. The molecule has 4 rings (SSSR count). The van der Waals surface area contributed by atoms with Crippen LogP contribution in [-0.4, -0.2) is 40.6 Å². The molecule has 1 aromatic rings. The van der Waals surface area contributed by atoms with Crippen LogP contribution in [0.25, 0.3) is 0 Å². The lowest BCUT2D eigenvalue weighted by Gasteiger charge is -2.32. The fourth-order valence-corrected chi connectivity index (χ4v) is 6.14. The van der Waals surface area contributed by atoms with Gasteiger partial charge < -0.3 is 14.2 Å². The number of hydrogen-bond acceptors (Lipinski definition) is 7. The minimum atomic E-state index is -0.830. The summed E-state index contributed by atoms with van der Waals surface area (Å²) in [5.74, 6) is -2.48. The fourth-order valence-electron chi connectivity index (χ4n) is 4.15. The van der Waals surface area contributed by atoms with Gasteiger partial charge in [-0.25, -0.2) is 0 Å². The quantitative estimate of drug-likeness (QED) is 0.588. The van der Waals surface area contributed by atoms with Crippen molar-refractivity contribution in [2.75, 3.05) is 0 Å². The number of thioether (sulfide) groups is 1. The first-order valence-electron chi connectivity index (χ1n) is 8.61. The van der Waals surface area contributed by atoms with Crippen molar-refractivity contribution < 1.29 is 28.6 Å². The molecule has 3 fully saturated rings. The summed E-state index contributed by atoms with van der Waals surface area (Å²) >= 11 is 1.50. The van der Waals surface area contributed by atoms with E-state index >= 15 is 0 Å². The van der Waals surface area contributed by atoms with Gasteiger partial charge in [0.15, 0.2) is 12.2 Å². The van der Waals surface area contributed by atoms with E-state index in [4.69, 9.17) is 14.2 Å². The Morgan fingerprint density at radius 3 is 2.50 bits per heavy atom. The summed E-state index contributed by atoms with van der Waals surface area (Å²) in [7, 11) is 0. The van der Waals surface area contributed by atoms with E-state index in [1.807, 2.05) is 44.2 Å². The molecule has 0 amide bonds. The third kappa shape index (κ3) is 2.60. The van der Waals surface area contributed by atoms with Crippen LogP contribution in [0.2, 0.25) is 0 Å². The van der Waals surface area contributed by atoms with Crippen molar-refractivity contribution in [2.24, 2.45) is 11.8 Å². The molecule has 3 aliphatic heterocycles. The Morgan fingerprint density at radius 1 is 1.15 bits per heavy atom. The normalized spacial score (nSPS) is 34.5. The smallest absolute Gasteiger partial charge is 0.312 e. The van der Waals surface area contributed by atoms with Crippen LogP contribution in [0.1, 0.15) is 26.3 Å². The first kappa shape index (κ1) is 17.4. The molecule has 0 spiro atoms. The van der Waals surface area contributed by atoms with Crippen LogP contribution in [0, 0.1) is 11.8 Å². The number of esters is 3. The molecule has 3 saturated heterocycles. The zero-order valence-corrected chi connectivity index (χ0v) is 15.5. The SMILES string of the molecule is CC(=O)OC1C2OC(=O)C3C2SC1C3C(=O)OC(C)(C)c1ccccc1. The molecular formula is C19H20O6S. The maximum Gasteiger partial charge on any atom is 0.312 e. The summed E-state index contributed by atoms with van der Waals surface area (Å²) in [5, 5.41) is -0.473. The third-order valence-corrected chi connectivity index (χ3v) is 7.06. The van der Waals surface area contributed by atoms with Gasteiger partial charge >= 0.3 is 17.9 Å². The summed E-state index contributed by atoms with van der Waals surface area (Å²) in [6.45, 7) is 4.95. The second-order valence-corrected chi connectivity index (χ2v) is 8.75. The Hall–Kier alpha value is -2.02. The van der Waals surface area contributed by atoms with Gasteiger partial charge in [0.25, 0.3) is 0 Å². The molecule has 7 heteroatoms. The highest BCUT2D eigenvalue weighted by Crippen LogP contribution is 2.59. The summed E-state index contributed by atoms with van der Waals surface area (Å²) in [6.07, 6.45) is -1.06. The molecule has 0 radical (unpaired) electrons. The molecule has 0 aromatic heterocycles. The van der Waals surface area contributed by atoms with Crippen LogP contribution in [0.4, 0.5) is 0 Å². The minimum Gasteiger partial charge on any atom is -0.457 e. The Balaban J connectivity index is 1.58. The molecule has 6 nitrogen and oxygen atoms in total. The zero-order valence-electron chi connectivity index (χ0n) is 14.7. The van der Waals surface area contributed by atoms with Crippen LogP contribution in [0.3, 0.4) is 0 Å². The van der Waals surface area contributed by atoms with E-state index in [1.54, 1.807) is 0 Å². The van der Waals surface area contributed by atoms with Crippen LogP contribution >= 0.6 is 11.8 Å². The number of carbonyl (C=O) groups excluding carboxylic acids is 3. The summed E-state index contributed by atoms with van der Waals surface area (Å²) in [5.41, 5.74) is 0.0384. The van der Waals surface area contributed by atoms with Crippen molar-refractivity contribution in [1.29, 1.82) is 0 Å². The van der Waals surface area contributed by atoms with Crippen molar-refractivity contribution in [3.8, 4) is 0 Å². The monoisotopic (exact) mass is 376 g/mol. The van der Waals surface area contributed by atoms with Crippen LogP contribution in [0.5, 0.6) is 0 Å². The van der Waals surface area contributed by atoms with Crippen molar-refractivity contribution in [3.63, 3.8) is 0 Å². The van der Waals surface area contributed by atoms with Gasteiger partial charge in [-0.3, -0.25) is 14.4 Å². The minimum absolute atomic E-state index is 0.158. The lowest BCUT2D eigenvalue weighted by molar-refractivity contribution is -0.168. The Labute approximate surface area is 155 Å². The van der Waals surface area contributed by atoms with Gasteiger partial charge in [-0.2, -0.15) is 0 Å². The van der Waals surface area contributed by atoms with Crippen molar-refractivity contribution in [2.45, 2.75) is 49.1 Å². The molecule has 2 bridgehead atoms. The van der Waals surface area contributed by atoms with E-state index in [1.165, 1.54) is 18.7 Å². The Morgan fingerprint density at radius 2 is 1.85 bits per heavy atom. The first-order chi connectivity index (χ1) is 12.3. The largest absolute Gasteiger partial charge is 0.457 e. The predicted molar refractivity (Wildman–Crippen MR) is 93.1 cm³/mol. The van der Waals surface area contributed by atoms with E-state index in [2.05, 4.69) is 0 Å². The summed E-state index contributed by atoms with van der Waals surface area (Å²) in [4.78, 5) is 36.7. The molecule has 1 aromatic carbocycles. The van der Waals surface area contributed by atoms with Crippen molar-refractivity contribution in [1.82, 2.24) is 0 Å². The van der Waals surface area contributed by atoms with E-state index in [0.717, 1.165) is 5.56 Å². The Bertz CT molecular complexity index is 761. The number of fused-ring (bicyclic) bond motifs is 1. The molecule has 0 saturated carbocycles. The van der Waals surface area contributed by atoms with Gasteiger partial charge in [0, 0.05) is 6.92 Å². The molecule has 138 valence electrons. The van der Waals surface area contributed by atoms with E-state index in [-0.39, 0.29) is 10.5 Å². The van der Waals surface area contributed by atoms with Gasteiger partial charge in [0.2, 0.25) is 0 Å². The summed E-state index contributed by atoms with van der Waals surface area (Å²) < 4.78 is 16.6. The van der Waals surface area contributed by atoms with Crippen molar-refractivity contribution in [3.05, 3.63) is 35.9 Å². The van der Waals surface area contributed by atoms with E-state index < -0.39 is 47.6 Å². The van der Waals surface area contributed by atoms with E-state index in [9.17, 15) is 14.4 Å². The highest BCUT2D eigenvalue weighted by Gasteiger charge is 2.71. The highest BCUT2D eigenvalue weighted by molar-refractivity contribution is 8.01. The average molecular weight is 376 g/mol. The standard InChI is InChI=1S/C19H20O6S/c1-9(20)23-13-14-15-11(17(21)24-14)12(16(13)26-15)18(22)25-19(2,3)10-7-5-4-6-8-10/h4-8,11-16H,1-3H3. The molecule has 6 atom stereocenters. The topological polar surface area (TPSA) is 78.9 Å². The highest BCUT2D eigenvalue weighted by atomic mass is 32.2. The first-order valence-corrected chi connectivity index (χ1v) is 9.55. The molecular weight excluding hydrogens is 356 g/mol. The van der Waals surface area contributed by atoms with Gasteiger partial charge in [0.1, 0.15) is 5.60 Å². The molecule has 0 aliphatic carbocycles. The summed E-state index contributed by atoms with van der Waals surface area (Å²) in [6, 6.07) is 9.45. The average Bonchev–Trinajstić information content (AvgIpc) is 3.18. The number of rotatable bonds is 4. The second kappa shape index (κ2) is 6.01. The maximum atomic E-state index is 13.0. The van der Waals surface area contributed by atoms with E-state index in [0.29, 0.717) is 0 Å². The van der Waals surface area contributed by atoms with Crippen LogP contribution in [-0.2, 0) is 34.2 Å². The molecule has 26 heavy (non-hydrogen) atoms. The number of ether oxygens (including phenoxy) is 3. The van der Waals surface area contributed by atoms with Crippen LogP contribution in [0.15, 0.2) is 30.3 Å². The van der Waals surface area contributed by atoms with Gasteiger partial charge in [-0.1, -0.05) is 30.3 Å². The number of carbonyl (C=O) groups is 3. The van der Waals surface area contributed by atoms with Gasteiger partial charge in [0.05, 0.1) is 22.3 Å². The maximum absolute atomic E-state index is 13.0. The number of benzene rings is 1. The molecule has 0 N–H and O–H groups in total. The third-order valence-electron chi connectivity index (χ3n) is 5.30. The second-order valence-electron chi connectivity index (χ2n) is 7.39. The van der Waals surface area contributed by atoms with Gasteiger partial charge in [-0.15, -0.1) is 11.8 Å². The Kier molecular flexibility index (Phi) is 4.02. The van der Waals surface area contributed by atoms with Crippen molar-refractivity contribution >= 4 is 29.7 Å². The predicted octanol–water partition coefficient (Wildman–Crippen LogP) is 2.05. The lowest BCUT2D eigenvalue weighted by atomic mass is 9.78. The number of hydrogen-bond donors (Lipinski definition) is 0. The molecule has 6 unspecified atom stereocenters. The molecule has 3 aliphatic rings.